The number of ether oxygens (including phenoxy) is 4. The van der Waals surface area contributed by atoms with Gasteiger partial charge in [-0.2, -0.15) is 0 Å². The predicted octanol–water partition coefficient (Wildman–Crippen LogP) is 3.94. The molecule has 0 atom stereocenters. The van der Waals surface area contributed by atoms with Crippen LogP contribution in [0.3, 0.4) is 0 Å². The molecule has 0 aliphatic rings. The summed E-state index contributed by atoms with van der Waals surface area (Å²) in [5.41, 5.74) is 1.25. The van der Waals surface area contributed by atoms with Gasteiger partial charge in [-0.15, -0.1) is 0 Å². The quantitative estimate of drug-likeness (QED) is 0.382. The van der Waals surface area contributed by atoms with Crippen LogP contribution in [0.25, 0.3) is 10.9 Å². The molecule has 2 aromatic carbocycles. The number of amides is 1. The summed E-state index contributed by atoms with van der Waals surface area (Å²) in [5, 5.41) is 3.35. The second-order valence-electron chi connectivity index (χ2n) is 8.86. The van der Waals surface area contributed by atoms with Gasteiger partial charge in [-0.05, 0) is 42.5 Å². The Balaban J connectivity index is 1.53. The van der Waals surface area contributed by atoms with E-state index in [9.17, 15) is 9.59 Å². The number of benzene rings is 2. The van der Waals surface area contributed by atoms with Crippen LogP contribution in [0, 0.1) is 5.92 Å². The number of nitrogens with zero attached hydrogens (tertiary/aromatic N) is 2. The van der Waals surface area contributed by atoms with Crippen LogP contribution in [0.1, 0.15) is 38.7 Å². The fourth-order valence-electron chi connectivity index (χ4n) is 3.69. The lowest BCUT2D eigenvalue weighted by molar-refractivity contribution is -0.121. The van der Waals surface area contributed by atoms with Crippen molar-refractivity contribution < 1.29 is 23.7 Å². The molecule has 0 aliphatic heterocycles. The van der Waals surface area contributed by atoms with Crippen LogP contribution in [0.5, 0.6) is 23.0 Å². The Labute approximate surface area is 211 Å². The monoisotopic (exact) mass is 497 g/mol. The van der Waals surface area contributed by atoms with Gasteiger partial charge in [0.2, 0.25) is 5.91 Å². The van der Waals surface area contributed by atoms with Crippen molar-refractivity contribution in [1.29, 1.82) is 0 Å². The van der Waals surface area contributed by atoms with Crippen LogP contribution in [0.2, 0.25) is 0 Å². The molecule has 9 nitrogen and oxygen atoms in total. The van der Waals surface area contributed by atoms with E-state index in [1.54, 1.807) is 19.2 Å². The Morgan fingerprint density at radius 2 is 1.69 bits per heavy atom. The van der Waals surface area contributed by atoms with E-state index >= 15 is 0 Å². The lowest BCUT2D eigenvalue weighted by Gasteiger charge is -2.13. The molecule has 0 radical (unpaired) electrons. The smallest absolute Gasteiger partial charge is 0.261 e. The average Bonchev–Trinajstić information content (AvgIpc) is 2.88. The van der Waals surface area contributed by atoms with Gasteiger partial charge < -0.3 is 24.3 Å². The number of methoxy groups -OCH3 is 3. The summed E-state index contributed by atoms with van der Waals surface area (Å²) in [5.74, 6) is 2.78. The summed E-state index contributed by atoms with van der Waals surface area (Å²) in [7, 11) is 4.65. The maximum atomic E-state index is 12.9. The van der Waals surface area contributed by atoms with E-state index in [0.717, 1.165) is 12.0 Å². The van der Waals surface area contributed by atoms with Crippen molar-refractivity contribution >= 4 is 16.8 Å². The van der Waals surface area contributed by atoms with E-state index < -0.39 is 0 Å². The van der Waals surface area contributed by atoms with Gasteiger partial charge in [-0.25, -0.2) is 4.98 Å². The zero-order valence-electron chi connectivity index (χ0n) is 21.6. The summed E-state index contributed by atoms with van der Waals surface area (Å²) in [6.45, 7) is 5.68. The first-order valence-electron chi connectivity index (χ1n) is 12.0. The molecule has 0 saturated carbocycles. The van der Waals surface area contributed by atoms with Crippen molar-refractivity contribution in [2.75, 3.05) is 27.9 Å². The van der Waals surface area contributed by atoms with E-state index in [4.69, 9.17) is 18.9 Å². The van der Waals surface area contributed by atoms with Gasteiger partial charge in [0, 0.05) is 25.6 Å². The standard InChI is InChI=1S/C27H35N3O6/c1-18(2)10-12-36-22-9-8-19(13-23(22)33-3)16-28-26(31)7-6-11-30-17-29-21-15-25(35-5)24(34-4)14-20(21)27(30)32/h8-9,13-15,17-18H,6-7,10-12,16H2,1-5H3,(H,28,31). The van der Waals surface area contributed by atoms with Crippen molar-refractivity contribution in [1.82, 2.24) is 14.9 Å². The van der Waals surface area contributed by atoms with Crippen LogP contribution >= 0.6 is 0 Å². The minimum Gasteiger partial charge on any atom is -0.493 e. The Bertz CT molecular complexity index is 1240. The minimum atomic E-state index is -0.191. The van der Waals surface area contributed by atoms with Crippen LogP contribution in [-0.4, -0.2) is 43.4 Å². The molecule has 0 spiro atoms. The molecule has 3 rings (SSSR count). The number of hydrogen-bond acceptors (Lipinski definition) is 7. The minimum absolute atomic E-state index is 0.0978. The first-order chi connectivity index (χ1) is 17.4. The number of carbonyl (C=O) groups excluding carboxylic acids is 1. The molecule has 1 aromatic heterocycles. The molecule has 0 unspecified atom stereocenters. The second kappa shape index (κ2) is 12.8. The number of aryl methyl sites for hydroxylation is 1. The molecule has 9 heteroatoms. The van der Waals surface area contributed by atoms with Crippen LogP contribution in [0.15, 0.2) is 41.5 Å². The molecule has 1 N–H and O–H groups in total. The summed E-state index contributed by atoms with van der Waals surface area (Å²) in [6.07, 6.45) is 3.24. The van der Waals surface area contributed by atoms with Crippen molar-refractivity contribution in [2.24, 2.45) is 5.92 Å². The van der Waals surface area contributed by atoms with Crippen LogP contribution < -0.4 is 29.8 Å². The third-order valence-electron chi connectivity index (χ3n) is 5.80. The van der Waals surface area contributed by atoms with Gasteiger partial charge >= 0.3 is 0 Å². The second-order valence-corrected chi connectivity index (χ2v) is 8.86. The predicted molar refractivity (Wildman–Crippen MR) is 138 cm³/mol. The SMILES string of the molecule is COc1cc2ncn(CCCC(=O)NCc3ccc(OCCC(C)C)c(OC)c3)c(=O)c2cc1OC. The molecule has 36 heavy (non-hydrogen) atoms. The van der Waals surface area contributed by atoms with E-state index in [2.05, 4.69) is 24.1 Å². The van der Waals surface area contributed by atoms with E-state index in [0.29, 0.717) is 65.9 Å². The Morgan fingerprint density at radius 1 is 1.00 bits per heavy atom. The zero-order chi connectivity index (χ0) is 26.1. The molecule has 0 aliphatic carbocycles. The average molecular weight is 498 g/mol. The molecule has 0 saturated heterocycles. The summed E-state index contributed by atoms with van der Waals surface area (Å²) >= 11 is 0. The first kappa shape index (κ1) is 26.8. The van der Waals surface area contributed by atoms with Gasteiger partial charge in [-0.1, -0.05) is 19.9 Å². The molecule has 1 heterocycles. The van der Waals surface area contributed by atoms with E-state index in [-0.39, 0.29) is 17.9 Å². The third kappa shape index (κ3) is 6.90. The third-order valence-corrected chi connectivity index (χ3v) is 5.80. The zero-order valence-corrected chi connectivity index (χ0v) is 21.6. The fraction of sp³-hybridized carbons (Fsp3) is 0.444. The Morgan fingerprint density at radius 3 is 2.39 bits per heavy atom. The Kier molecular flexibility index (Phi) is 9.55. The highest BCUT2D eigenvalue weighted by Gasteiger charge is 2.12. The number of hydrogen-bond donors (Lipinski definition) is 1. The number of aromatic nitrogens is 2. The lowest BCUT2D eigenvalue weighted by Crippen LogP contribution is -2.24. The van der Waals surface area contributed by atoms with E-state index in [1.807, 2.05) is 18.2 Å². The number of carbonyl (C=O) groups is 1. The highest BCUT2D eigenvalue weighted by atomic mass is 16.5. The molecule has 1 amide bonds. The normalized spacial score (nSPS) is 10.9. The molecular formula is C27H35N3O6. The molecule has 3 aromatic rings. The first-order valence-corrected chi connectivity index (χ1v) is 12.0. The molecule has 0 bridgehead atoms. The maximum absolute atomic E-state index is 12.9. The van der Waals surface area contributed by atoms with Crippen molar-refractivity contribution in [3.05, 3.63) is 52.6 Å². The van der Waals surface area contributed by atoms with Crippen molar-refractivity contribution in [2.45, 2.75) is 46.2 Å². The van der Waals surface area contributed by atoms with Crippen molar-refractivity contribution in [3.63, 3.8) is 0 Å². The van der Waals surface area contributed by atoms with Gasteiger partial charge in [-0.3, -0.25) is 14.2 Å². The van der Waals surface area contributed by atoms with Crippen LogP contribution in [-0.2, 0) is 17.9 Å². The largest absolute Gasteiger partial charge is 0.493 e. The Hall–Kier alpha value is -3.75. The molecule has 0 fully saturated rings. The van der Waals surface area contributed by atoms with Gasteiger partial charge in [0.1, 0.15) is 0 Å². The van der Waals surface area contributed by atoms with Gasteiger partial charge in [0.05, 0.1) is 45.2 Å². The molecule has 194 valence electrons. The number of rotatable bonds is 13. The summed E-state index contributed by atoms with van der Waals surface area (Å²) < 4.78 is 23.3. The summed E-state index contributed by atoms with van der Waals surface area (Å²) in [4.78, 5) is 29.6. The molecular weight excluding hydrogens is 462 g/mol. The van der Waals surface area contributed by atoms with Crippen LogP contribution in [0.4, 0.5) is 0 Å². The number of nitrogens with one attached hydrogen (secondary N) is 1. The van der Waals surface area contributed by atoms with Crippen molar-refractivity contribution in [3.8, 4) is 23.0 Å². The fourth-order valence-corrected chi connectivity index (χ4v) is 3.69. The highest BCUT2D eigenvalue weighted by Crippen LogP contribution is 2.30. The van der Waals surface area contributed by atoms with Gasteiger partial charge in [0.15, 0.2) is 23.0 Å². The van der Waals surface area contributed by atoms with Gasteiger partial charge in [0.25, 0.3) is 5.56 Å². The summed E-state index contributed by atoms with van der Waals surface area (Å²) in [6, 6.07) is 8.95. The highest BCUT2D eigenvalue weighted by molar-refractivity contribution is 5.81. The van der Waals surface area contributed by atoms with E-state index in [1.165, 1.54) is 25.1 Å². The maximum Gasteiger partial charge on any atom is 0.261 e. The number of fused-ring (bicyclic) bond motifs is 1. The topological polar surface area (TPSA) is 101 Å². The lowest BCUT2D eigenvalue weighted by atomic mass is 10.1.